The van der Waals surface area contributed by atoms with Crippen molar-refractivity contribution in [2.45, 2.75) is 0 Å². The number of methoxy groups -OCH3 is 2. The summed E-state index contributed by atoms with van der Waals surface area (Å²) in [5.41, 5.74) is 0.332. The van der Waals surface area contributed by atoms with E-state index in [0.29, 0.717) is 5.02 Å². The summed E-state index contributed by atoms with van der Waals surface area (Å²) in [4.78, 5) is 24.4. The summed E-state index contributed by atoms with van der Waals surface area (Å²) in [6, 6.07) is 9.32. The molecule has 7 heteroatoms. The highest BCUT2D eigenvalue weighted by atomic mass is 35.5. The number of hydrogen-bond donors (Lipinski definition) is 0. The topological polar surface area (TPSA) is 61.8 Å². The van der Waals surface area contributed by atoms with Crippen LogP contribution in [0.15, 0.2) is 36.4 Å². The maximum atomic E-state index is 12.3. The Balaban J connectivity index is 2.15. The van der Waals surface area contributed by atoms with Crippen LogP contribution in [0.4, 0.5) is 0 Å². The van der Waals surface area contributed by atoms with Crippen LogP contribution in [0.1, 0.15) is 20.7 Å². The Morgan fingerprint density at radius 3 is 2.17 bits per heavy atom. The van der Waals surface area contributed by atoms with Crippen molar-refractivity contribution in [3.05, 3.63) is 57.6 Å². The van der Waals surface area contributed by atoms with E-state index in [-0.39, 0.29) is 27.6 Å². The van der Waals surface area contributed by atoms with Crippen molar-refractivity contribution in [3.63, 3.8) is 0 Å². The number of hydrogen-bond acceptors (Lipinski definition) is 5. The average molecular weight is 369 g/mol. The number of Topliss-reactive ketones (excluding diaryl/α,β-unsaturated/α-hetero) is 1. The zero-order valence-electron chi connectivity index (χ0n) is 13.0. The molecule has 2 aromatic rings. The van der Waals surface area contributed by atoms with Gasteiger partial charge in [-0.05, 0) is 30.3 Å². The lowest BCUT2D eigenvalue weighted by molar-refractivity contribution is 0.0468. The number of benzene rings is 2. The molecular formula is C17H14Cl2O5. The van der Waals surface area contributed by atoms with Crippen molar-refractivity contribution in [2.75, 3.05) is 20.8 Å². The number of rotatable bonds is 6. The Bertz CT molecular complexity index is 751. The first-order chi connectivity index (χ1) is 11.5. The van der Waals surface area contributed by atoms with Crippen molar-refractivity contribution in [3.8, 4) is 11.5 Å². The molecule has 0 aliphatic carbocycles. The van der Waals surface area contributed by atoms with Gasteiger partial charge in [0.05, 0.1) is 19.2 Å². The van der Waals surface area contributed by atoms with Crippen molar-refractivity contribution >= 4 is 35.0 Å². The quantitative estimate of drug-likeness (QED) is 0.568. The Hall–Kier alpha value is -2.24. The predicted molar refractivity (Wildman–Crippen MR) is 90.6 cm³/mol. The molecule has 0 atom stereocenters. The van der Waals surface area contributed by atoms with Gasteiger partial charge in [0.2, 0.25) is 5.78 Å². The minimum Gasteiger partial charge on any atom is -0.496 e. The summed E-state index contributed by atoms with van der Waals surface area (Å²) >= 11 is 11.8. The zero-order valence-corrected chi connectivity index (χ0v) is 14.5. The molecule has 0 unspecified atom stereocenters. The van der Waals surface area contributed by atoms with Gasteiger partial charge in [-0.3, -0.25) is 4.79 Å². The van der Waals surface area contributed by atoms with Crippen LogP contribution in [0.2, 0.25) is 10.0 Å². The number of ketones is 1. The van der Waals surface area contributed by atoms with Gasteiger partial charge < -0.3 is 14.2 Å². The SMILES string of the molecule is COc1cccc(OC)c1C(=O)OCC(=O)c1ccc(Cl)cc1Cl. The maximum absolute atomic E-state index is 12.3. The van der Waals surface area contributed by atoms with Crippen LogP contribution >= 0.6 is 23.2 Å². The fourth-order valence-electron chi connectivity index (χ4n) is 2.05. The van der Waals surface area contributed by atoms with Crippen LogP contribution in [0.3, 0.4) is 0 Å². The molecule has 0 fully saturated rings. The summed E-state index contributed by atoms with van der Waals surface area (Å²) in [5.74, 6) is -0.603. The molecule has 0 saturated heterocycles. The molecule has 0 amide bonds. The number of carbonyl (C=O) groups excluding carboxylic acids is 2. The van der Waals surface area contributed by atoms with E-state index in [1.807, 2.05) is 0 Å². The Morgan fingerprint density at radius 2 is 1.62 bits per heavy atom. The lowest BCUT2D eigenvalue weighted by atomic mass is 10.1. The molecule has 0 spiro atoms. The maximum Gasteiger partial charge on any atom is 0.346 e. The molecule has 0 heterocycles. The fourth-order valence-corrected chi connectivity index (χ4v) is 2.56. The van der Waals surface area contributed by atoms with Gasteiger partial charge in [0.1, 0.15) is 17.1 Å². The first-order valence-electron chi connectivity index (χ1n) is 6.84. The van der Waals surface area contributed by atoms with E-state index in [0.717, 1.165) is 0 Å². The second-order valence-corrected chi connectivity index (χ2v) is 5.50. The van der Waals surface area contributed by atoms with Crippen LogP contribution in [0.5, 0.6) is 11.5 Å². The molecule has 0 aliphatic heterocycles. The van der Waals surface area contributed by atoms with Gasteiger partial charge in [0.25, 0.3) is 0 Å². The number of esters is 1. The molecule has 0 aliphatic rings. The van der Waals surface area contributed by atoms with Gasteiger partial charge >= 0.3 is 5.97 Å². The van der Waals surface area contributed by atoms with Crippen molar-refractivity contribution in [1.82, 2.24) is 0 Å². The highest BCUT2D eigenvalue weighted by Gasteiger charge is 2.21. The third-order valence-electron chi connectivity index (χ3n) is 3.20. The van der Waals surface area contributed by atoms with E-state index in [9.17, 15) is 9.59 Å². The summed E-state index contributed by atoms with van der Waals surface area (Å²) in [5, 5.41) is 0.603. The van der Waals surface area contributed by atoms with E-state index >= 15 is 0 Å². The molecule has 0 N–H and O–H groups in total. The van der Waals surface area contributed by atoms with Gasteiger partial charge in [-0.25, -0.2) is 4.79 Å². The first kappa shape index (κ1) is 18.1. The van der Waals surface area contributed by atoms with Crippen molar-refractivity contribution in [2.24, 2.45) is 0 Å². The molecular weight excluding hydrogens is 355 g/mol. The van der Waals surface area contributed by atoms with Gasteiger partial charge in [-0.15, -0.1) is 0 Å². The summed E-state index contributed by atoms with van der Waals surface area (Å²) < 4.78 is 15.3. The normalized spacial score (nSPS) is 10.2. The minimum absolute atomic E-state index is 0.109. The molecule has 2 rings (SSSR count). The summed E-state index contributed by atoms with van der Waals surface area (Å²) in [7, 11) is 2.84. The van der Waals surface area contributed by atoms with Crippen molar-refractivity contribution < 1.29 is 23.8 Å². The largest absolute Gasteiger partial charge is 0.496 e. The molecule has 0 bridgehead atoms. The van der Waals surface area contributed by atoms with Crippen LogP contribution in [-0.4, -0.2) is 32.6 Å². The van der Waals surface area contributed by atoms with E-state index in [2.05, 4.69) is 0 Å². The Labute approximate surface area is 149 Å². The van der Waals surface area contributed by atoms with E-state index < -0.39 is 18.4 Å². The average Bonchev–Trinajstić information content (AvgIpc) is 2.58. The Kier molecular flexibility index (Phi) is 6.06. The van der Waals surface area contributed by atoms with Crippen LogP contribution < -0.4 is 9.47 Å². The highest BCUT2D eigenvalue weighted by molar-refractivity contribution is 6.36. The van der Waals surface area contributed by atoms with E-state index in [4.69, 9.17) is 37.4 Å². The smallest absolute Gasteiger partial charge is 0.346 e. The number of halogens is 2. The number of carbonyl (C=O) groups is 2. The Morgan fingerprint density at radius 1 is 1.00 bits per heavy atom. The lowest BCUT2D eigenvalue weighted by Gasteiger charge is -2.12. The molecule has 0 saturated carbocycles. The molecule has 126 valence electrons. The van der Waals surface area contributed by atoms with Gasteiger partial charge in [0, 0.05) is 10.6 Å². The molecule has 0 aromatic heterocycles. The predicted octanol–water partition coefficient (Wildman–Crippen LogP) is 4.05. The lowest BCUT2D eigenvalue weighted by Crippen LogP contribution is -2.16. The van der Waals surface area contributed by atoms with Gasteiger partial charge in [-0.1, -0.05) is 29.3 Å². The minimum atomic E-state index is -0.734. The molecule has 24 heavy (non-hydrogen) atoms. The van der Waals surface area contributed by atoms with Crippen LogP contribution in [0.25, 0.3) is 0 Å². The van der Waals surface area contributed by atoms with Crippen molar-refractivity contribution in [1.29, 1.82) is 0 Å². The second kappa shape index (κ2) is 8.04. The first-order valence-corrected chi connectivity index (χ1v) is 7.60. The van der Waals surface area contributed by atoms with Gasteiger partial charge in [-0.2, -0.15) is 0 Å². The molecule has 2 aromatic carbocycles. The number of ether oxygens (including phenoxy) is 3. The summed E-state index contributed by atoms with van der Waals surface area (Å²) in [6.07, 6.45) is 0. The highest BCUT2D eigenvalue weighted by Crippen LogP contribution is 2.29. The standard InChI is InChI=1S/C17H14Cl2O5/c1-22-14-4-3-5-15(23-2)16(14)17(21)24-9-13(20)11-7-6-10(18)8-12(11)19/h3-8H,9H2,1-2H3. The summed E-state index contributed by atoms with van der Waals surface area (Å²) in [6.45, 7) is -0.471. The van der Waals surface area contributed by atoms with Gasteiger partial charge in [0.15, 0.2) is 6.61 Å². The van der Waals surface area contributed by atoms with E-state index in [1.165, 1.54) is 32.4 Å². The third-order valence-corrected chi connectivity index (χ3v) is 3.75. The monoisotopic (exact) mass is 368 g/mol. The molecule has 0 radical (unpaired) electrons. The zero-order chi connectivity index (χ0) is 17.7. The van der Waals surface area contributed by atoms with E-state index in [1.54, 1.807) is 18.2 Å². The third kappa shape index (κ3) is 3.99. The second-order valence-electron chi connectivity index (χ2n) is 4.66. The van der Waals surface area contributed by atoms with Crippen LogP contribution in [-0.2, 0) is 4.74 Å². The fraction of sp³-hybridized carbons (Fsp3) is 0.176. The van der Waals surface area contributed by atoms with Crippen LogP contribution in [0, 0.1) is 0 Å². The molecule has 5 nitrogen and oxygen atoms in total.